The van der Waals surface area contributed by atoms with Crippen molar-refractivity contribution in [2.75, 3.05) is 26.4 Å². The van der Waals surface area contributed by atoms with E-state index in [0.717, 1.165) is 25.7 Å². The number of fused-ring (bicyclic) bond motifs is 7. The Morgan fingerprint density at radius 1 is 0.516 bits per heavy atom. The zero-order valence-corrected chi connectivity index (χ0v) is 55.4. The van der Waals surface area contributed by atoms with Crippen molar-refractivity contribution in [1.29, 1.82) is 0 Å². The topological polar surface area (TPSA) is 472 Å². The molecule has 11 aliphatic rings. The minimum Gasteiger partial charge on any atom is -0.432 e. The molecule has 0 radical (unpaired) electrons. The lowest BCUT2D eigenvalue weighted by Gasteiger charge is -2.70. The molecule has 17 N–H and O–H groups in total. The van der Waals surface area contributed by atoms with E-state index in [2.05, 4.69) is 54.5 Å². The minimum absolute atomic E-state index is 0.0646. The van der Waals surface area contributed by atoms with E-state index in [1.165, 1.54) is 19.4 Å². The van der Waals surface area contributed by atoms with Crippen LogP contribution in [-0.4, -0.2) is 303 Å². The van der Waals surface area contributed by atoms with Crippen LogP contribution in [0.5, 0.6) is 0 Å². The van der Waals surface area contributed by atoms with Crippen LogP contribution in [0.4, 0.5) is 0 Å². The van der Waals surface area contributed by atoms with Crippen molar-refractivity contribution < 1.29 is 148 Å². The molecule has 0 aromatic heterocycles. The molecule has 0 aromatic rings. The van der Waals surface area contributed by atoms with Crippen molar-refractivity contribution in [2.45, 2.75) is 304 Å². The SMILES string of the molecule is CC(C)[C@@H]1CC[C@@]2(C(=O)O[C@H]3O[C@@H](CO[C@H]4O[C@@H](CO)[C@H](O[C@H]5O[C@@H](C)[C@H](O)[C@@H](O)[C@@H]5O)[C@@H](O)[C@@H]4O)[C@H](O)[C@@H](O)[C@@H]3O)CC[C@@]3(C)C(=CC[C@H]4[C@@]5(C)CC[C@@H](O[C@H]6OC[C@H](O)[C@@H](O)[C@@H]6O[C@H]6O[C@@H](C)[C@H](O)[C@@H](O[C@H]7O[C@@H](CO)[C@H](O)[C@@H](O)[C@@H]7O)[C@@H]6O)C(C)(C)[C@@H]5CC[C@]43C)[C@@H]12. The molecule has 30 nitrogen and oxygen atoms in total. The van der Waals surface area contributed by atoms with Crippen LogP contribution in [0.2, 0.25) is 0 Å². The number of aliphatic hydroxyl groups excluding tert-OH is 17. The summed E-state index contributed by atoms with van der Waals surface area (Å²) in [4.78, 5) is 15.3. The van der Waals surface area contributed by atoms with Gasteiger partial charge in [0.25, 0.3) is 0 Å². The third kappa shape index (κ3) is 12.6. The molecule has 0 spiro atoms. The van der Waals surface area contributed by atoms with Gasteiger partial charge in [0.2, 0.25) is 6.29 Å². The molecule has 6 heterocycles. The Kier molecular flexibility index (Phi) is 21.9. The number of ether oxygens (including phenoxy) is 12. The quantitative estimate of drug-likeness (QED) is 0.0400. The second-order valence-electron chi connectivity index (χ2n) is 31.0. The molecule has 0 unspecified atom stereocenters. The second kappa shape index (κ2) is 28.0. The molecule has 30 heteroatoms. The third-order valence-corrected chi connectivity index (χ3v) is 25.3. The molecule has 38 atom stereocenters. The molecule has 6 aliphatic heterocycles. The Morgan fingerprint density at radius 3 is 1.73 bits per heavy atom. The van der Waals surface area contributed by atoms with Gasteiger partial charge in [-0.1, -0.05) is 60.1 Å². The number of hydrogen-bond acceptors (Lipinski definition) is 30. The maximum absolute atomic E-state index is 15.3. The highest BCUT2D eigenvalue weighted by molar-refractivity contribution is 5.79. The van der Waals surface area contributed by atoms with Gasteiger partial charge in [0.15, 0.2) is 31.5 Å². The predicted octanol–water partition coefficient (Wildman–Crippen LogP) is -3.84. The smallest absolute Gasteiger partial charge is 0.315 e. The summed E-state index contributed by atoms with van der Waals surface area (Å²) in [5.41, 5.74) is -1.26. The summed E-state index contributed by atoms with van der Waals surface area (Å²) in [5, 5.41) is 184. The highest BCUT2D eigenvalue weighted by atomic mass is 16.8. The van der Waals surface area contributed by atoms with Crippen LogP contribution in [-0.2, 0) is 61.6 Å². The summed E-state index contributed by atoms with van der Waals surface area (Å²) in [6, 6.07) is 0. The van der Waals surface area contributed by atoms with Crippen LogP contribution in [0.25, 0.3) is 0 Å². The summed E-state index contributed by atoms with van der Waals surface area (Å²) in [7, 11) is 0. The fourth-order valence-corrected chi connectivity index (χ4v) is 19.3. The van der Waals surface area contributed by atoms with Crippen molar-refractivity contribution in [2.24, 2.45) is 56.7 Å². The lowest BCUT2D eigenvalue weighted by Crippen LogP contribution is -2.66. The molecule has 546 valence electrons. The van der Waals surface area contributed by atoms with Gasteiger partial charge in [-0.15, -0.1) is 0 Å². The largest absolute Gasteiger partial charge is 0.432 e. The van der Waals surface area contributed by atoms with Gasteiger partial charge in [0.05, 0.1) is 50.2 Å². The van der Waals surface area contributed by atoms with Gasteiger partial charge in [-0.3, -0.25) is 4.79 Å². The lowest BCUT2D eigenvalue weighted by molar-refractivity contribution is -0.382. The molecule has 95 heavy (non-hydrogen) atoms. The zero-order valence-electron chi connectivity index (χ0n) is 55.4. The number of allylic oxidation sites excluding steroid dienone is 2. The van der Waals surface area contributed by atoms with Crippen molar-refractivity contribution >= 4 is 5.97 Å². The monoisotopic (exact) mass is 1370 g/mol. The lowest BCUT2D eigenvalue weighted by atomic mass is 9.34. The van der Waals surface area contributed by atoms with E-state index >= 15 is 4.79 Å². The van der Waals surface area contributed by atoms with Gasteiger partial charge in [-0.25, -0.2) is 0 Å². The van der Waals surface area contributed by atoms with E-state index in [-0.39, 0.29) is 52.4 Å². The fourth-order valence-electron chi connectivity index (χ4n) is 19.3. The molecule has 10 fully saturated rings. The van der Waals surface area contributed by atoms with Crippen LogP contribution in [0.3, 0.4) is 0 Å². The first kappa shape index (κ1) is 74.3. The molecule has 5 aliphatic carbocycles. The number of carbonyl (C=O) groups excluding carboxylic acids is 1. The molecule has 4 saturated carbocycles. The number of hydrogen-bond donors (Lipinski definition) is 17. The maximum atomic E-state index is 15.3. The van der Waals surface area contributed by atoms with Crippen LogP contribution in [0.1, 0.15) is 120 Å². The van der Waals surface area contributed by atoms with Crippen molar-refractivity contribution in [1.82, 2.24) is 0 Å². The second-order valence-corrected chi connectivity index (χ2v) is 31.0. The maximum Gasteiger partial charge on any atom is 0.315 e. The Hall–Kier alpha value is -1.91. The van der Waals surface area contributed by atoms with E-state index in [1.54, 1.807) is 0 Å². The van der Waals surface area contributed by atoms with Crippen LogP contribution in [0, 0.1) is 56.7 Å². The van der Waals surface area contributed by atoms with Crippen LogP contribution >= 0.6 is 0 Å². The van der Waals surface area contributed by atoms with Crippen molar-refractivity contribution in [3.8, 4) is 0 Å². The Morgan fingerprint density at radius 2 is 1.07 bits per heavy atom. The Labute approximate surface area is 551 Å². The van der Waals surface area contributed by atoms with Gasteiger partial charge in [0, 0.05) is 0 Å². The molecule has 0 bridgehead atoms. The molecule has 6 saturated heterocycles. The number of rotatable bonds is 16. The minimum atomic E-state index is -1.91. The van der Waals surface area contributed by atoms with Gasteiger partial charge in [-0.05, 0) is 123 Å². The predicted molar refractivity (Wildman–Crippen MR) is 319 cm³/mol. The highest BCUT2D eigenvalue weighted by Gasteiger charge is 2.71. The molecular weight excluding hydrogens is 1260 g/mol. The van der Waals surface area contributed by atoms with E-state index in [4.69, 9.17) is 56.8 Å². The van der Waals surface area contributed by atoms with Gasteiger partial charge < -0.3 is 144 Å². The Bertz CT molecular complexity index is 2660. The molecule has 0 aromatic carbocycles. The number of carbonyl (C=O) groups is 1. The zero-order chi connectivity index (χ0) is 69.2. The van der Waals surface area contributed by atoms with E-state index in [1.807, 2.05) is 0 Å². The highest BCUT2D eigenvalue weighted by Crippen LogP contribution is 2.77. The average molecular weight is 1370 g/mol. The van der Waals surface area contributed by atoms with Crippen LogP contribution in [0.15, 0.2) is 11.6 Å². The summed E-state index contributed by atoms with van der Waals surface area (Å²) in [6.07, 6.45) is -39.0. The van der Waals surface area contributed by atoms with E-state index < -0.39 is 221 Å². The molecular formula is C65H106O30. The van der Waals surface area contributed by atoms with Gasteiger partial charge in [0.1, 0.15) is 128 Å². The van der Waals surface area contributed by atoms with E-state index in [9.17, 15) is 86.8 Å². The molecule has 0 amide bonds. The normalized spacial score (nSPS) is 54.7. The first-order valence-electron chi connectivity index (χ1n) is 34.1. The van der Waals surface area contributed by atoms with Crippen molar-refractivity contribution in [3.05, 3.63) is 11.6 Å². The third-order valence-electron chi connectivity index (χ3n) is 25.3. The van der Waals surface area contributed by atoms with Crippen LogP contribution < -0.4 is 0 Å². The van der Waals surface area contributed by atoms with Crippen molar-refractivity contribution in [3.63, 3.8) is 0 Å². The Balaban J connectivity index is 0.763. The number of aliphatic hydroxyl groups is 17. The first-order chi connectivity index (χ1) is 44.6. The van der Waals surface area contributed by atoms with Gasteiger partial charge >= 0.3 is 5.97 Å². The van der Waals surface area contributed by atoms with Gasteiger partial charge in [-0.2, -0.15) is 0 Å². The summed E-state index contributed by atoms with van der Waals surface area (Å²) < 4.78 is 71.6. The average Bonchev–Trinajstić information content (AvgIpc) is 1.63. The van der Waals surface area contributed by atoms with E-state index in [0.29, 0.717) is 32.1 Å². The summed E-state index contributed by atoms with van der Waals surface area (Å²) in [5.74, 6) is -0.395. The number of esters is 1. The summed E-state index contributed by atoms with van der Waals surface area (Å²) >= 11 is 0. The standard InChI is InChI=1S/C65H106O30/c1-24(2)27-12-17-65(60(83)95-57-48(80)44(76)41(73)32(90-57)23-85-54-49(81)45(77)51(31(21-67)89-54)92-55-46(78)42(74)37(69)25(3)86-55)19-18-63(8)28(36(27)65)10-11-34-62(7)15-14-35(61(5,6)33(62)13-16-64(34,63)9)91-59-53(39(71)29(68)22-84-59)94-58-50(82)52(38(70)26(4)87-58)93-56-47(79)43(75)40(72)30(20-66)88-56/h10,24-27,29-59,66-82H,11-23H2,1-9H3/t25-,26-,27-,29-,30-,31-,32-,33-,34-,35+,36+,37-,38-,39+,40-,41-,42+,43+,44+,45-,46-,47-,48-,49-,50-,51-,52+,53-,54-,55+,56+,57+,58+,59+,62-,63-,64+,65+/m0/s1. The molecule has 11 rings (SSSR count). The fraction of sp³-hybridized carbons (Fsp3) is 0.954. The first-order valence-corrected chi connectivity index (χ1v) is 34.1. The summed E-state index contributed by atoms with van der Waals surface area (Å²) in [6.45, 7) is 16.2.